The molecule has 1 heterocycles. The number of aryl methyl sites for hydroxylation is 1. The summed E-state index contributed by atoms with van der Waals surface area (Å²) in [5.41, 5.74) is 10.6. The SMILES string of the molecule is CCCC1C2=C(c3ccccc31)C(C1C=Cc3c(n(C)c4ccccc34)C1)CC=C2. The van der Waals surface area contributed by atoms with Crippen LogP contribution < -0.4 is 0 Å². The molecule has 6 rings (SSSR count). The quantitative estimate of drug-likeness (QED) is 0.442. The lowest BCUT2D eigenvalue weighted by Crippen LogP contribution is -2.21. The second-order valence-corrected chi connectivity index (χ2v) is 9.21. The molecule has 0 radical (unpaired) electrons. The topological polar surface area (TPSA) is 4.93 Å². The third-order valence-electron chi connectivity index (χ3n) is 7.68. The first-order valence-electron chi connectivity index (χ1n) is 11.5. The summed E-state index contributed by atoms with van der Waals surface area (Å²) in [4.78, 5) is 0. The molecule has 0 fully saturated rings. The fourth-order valence-corrected chi connectivity index (χ4v) is 6.32. The summed E-state index contributed by atoms with van der Waals surface area (Å²) in [5.74, 6) is 1.72. The van der Waals surface area contributed by atoms with E-state index in [9.17, 15) is 0 Å². The number of benzene rings is 2. The maximum absolute atomic E-state index is 2.51. The van der Waals surface area contributed by atoms with Gasteiger partial charge in [-0.1, -0.05) is 80.1 Å². The van der Waals surface area contributed by atoms with Crippen LogP contribution in [0.5, 0.6) is 0 Å². The zero-order chi connectivity index (χ0) is 20.2. The first kappa shape index (κ1) is 18.0. The number of nitrogens with zero attached hydrogens (tertiary/aromatic N) is 1. The molecule has 1 nitrogen and oxygen atoms in total. The third-order valence-corrected chi connectivity index (χ3v) is 7.68. The van der Waals surface area contributed by atoms with E-state index >= 15 is 0 Å². The fourth-order valence-electron chi connectivity index (χ4n) is 6.32. The number of hydrogen-bond donors (Lipinski definition) is 0. The molecule has 1 aromatic heterocycles. The second kappa shape index (κ2) is 6.87. The van der Waals surface area contributed by atoms with Crippen LogP contribution in [0.4, 0.5) is 0 Å². The molecular formula is C29H29N. The summed E-state index contributed by atoms with van der Waals surface area (Å²) in [6, 6.07) is 18.0. The van der Waals surface area contributed by atoms with Crippen molar-refractivity contribution in [2.75, 3.05) is 0 Å². The molecule has 3 aliphatic carbocycles. The van der Waals surface area contributed by atoms with Crippen LogP contribution in [0.2, 0.25) is 0 Å². The van der Waals surface area contributed by atoms with Crippen molar-refractivity contribution in [1.82, 2.24) is 4.57 Å². The van der Waals surface area contributed by atoms with Crippen LogP contribution in [0.1, 0.15) is 54.5 Å². The Morgan fingerprint density at radius 1 is 1.00 bits per heavy atom. The number of rotatable bonds is 3. The molecule has 150 valence electrons. The normalized spacial score (nSPS) is 24.3. The van der Waals surface area contributed by atoms with Crippen LogP contribution in [0.15, 0.2) is 72.3 Å². The lowest BCUT2D eigenvalue weighted by atomic mass is 9.73. The van der Waals surface area contributed by atoms with Gasteiger partial charge in [0.2, 0.25) is 0 Å². The van der Waals surface area contributed by atoms with Gasteiger partial charge in [-0.05, 0) is 59.4 Å². The zero-order valence-corrected chi connectivity index (χ0v) is 17.9. The Bertz CT molecular complexity index is 1230. The molecule has 0 aliphatic heterocycles. The summed E-state index contributed by atoms with van der Waals surface area (Å²) in [7, 11) is 2.24. The third kappa shape index (κ3) is 2.48. The van der Waals surface area contributed by atoms with Gasteiger partial charge in [-0.2, -0.15) is 0 Å². The second-order valence-electron chi connectivity index (χ2n) is 9.21. The first-order chi connectivity index (χ1) is 14.8. The highest BCUT2D eigenvalue weighted by molar-refractivity contribution is 5.92. The average molecular weight is 392 g/mol. The molecule has 3 atom stereocenters. The first-order valence-corrected chi connectivity index (χ1v) is 11.5. The van der Waals surface area contributed by atoms with E-state index in [0.29, 0.717) is 17.8 Å². The van der Waals surface area contributed by atoms with Crippen LogP contribution in [-0.2, 0) is 13.5 Å². The van der Waals surface area contributed by atoms with Crippen LogP contribution >= 0.6 is 0 Å². The minimum atomic E-state index is 0.559. The number of hydrogen-bond acceptors (Lipinski definition) is 0. The van der Waals surface area contributed by atoms with Gasteiger partial charge in [0.05, 0.1) is 0 Å². The Morgan fingerprint density at radius 2 is 1.83 bits per heavy atom. The summed E-state index contributed by atoms with van der Waals surface area (Å²) in [6.45, 7) is 2.32. The number of fused-ring (bicyclic) bond motifs is 5. The van der Waals surface area contributed by atoms with Gasteiger partial charge in [0, 0.05) is 35.1 Å². The van der Waals surface area contributed by atoms with Gasteiger partial charge in [0.25, 0.3) is 0 Å². The van der Waals surface area contributed by atoms with Crippen molar-refractivity contribution in [1.29, 1.82) is 0 Å². The van der Waals surface area contributed by atoms with Crippen molar-refractivity contribution >= 4 is 22.6 Å². The molecule has 0 saturated heterocycles. The Balaban J connectivity index is 1.43. The molecule has 0 N–H and O–H groups in total. The van der Waals surface area contributed by atoms with Gasteiger partial charge in [-0.25, -0.2) is 0 Å². The van der Waals surface area contributed by atoms with E-state index in [2.05, 4.69) is 91.4 Å². The van der Waals surface area contributed by atoms with Crippen LogP contribution in [0.3, 0.4) is 0 Å². The Morgan fingerprint density at radius 3 is 2.73 bits per heavy atom. The Labute approximate surface area is 179 Å². The van der Waals surface area contributed by atoms with Crippen LogP contribution in [0.25, 0.3) is 22.6 Å². The van der Waals surface area contributed by atoms with E-state index in [-0.39, 0.29) is 0 Å². The predicted octanol–water partition coefficient (Wildman–Crippen LogP) is 7.29. The molecule has 0 saturated carbocycles. The van der Waals surface area contributed by atoms with Crippen LogP contribution in [-0.4, -0.2) is 4.57 Å². The van der Waals surface area contributed by atoms with Crippen molar-refractivity contribution in [2.45, 2.75) is 38.5 Å². The van der Waals surface area contributed by atoms with E-state index in [1.807, 2.05) is 0 Å². The van der Waals surface area contributed by atoms with Gasteiger partial charge >= 0.3 is 0 Å². The highest BCUT2D eigenvalue weighted by atomic mass is 15.0. The van der Waals surface area contributed by atoms with Gasteiger partial charge in [-0.15, -0.1) is 0 Å². The molecule has 2 aromatic carbocycles. The Hall–Kier alpha value is -2.80. The summed E-state index contributed by atoms with van der Waals surface area (Å²) in [6.07, 6.45) is 14.6. The molecule has 0 spiro atoms. The van der Waals surface area contributed by atoms with Crippen molar-refractivity contribution in [3.8, 4) is 0 Å². The molecule has 3 aromatic rings. The van der Waals surface area contributed by atoms with Crippen molar-refractivity contribution in [3.05, 3.63) is 94.7 Å². The molecule has 3 aliphatic rings. The largest absolute Gasteiger partial charge is 0.347 e. The highest BCUT2D eigenvalue weighted by Gasteiger charge is 2.38. The van der Waals surface area contributed by atoms with Crippen molar-refractivity contribution in [2.24, 2.45) is 18.9 Å². The standard InChI is InChI=1S/C29H29N/c1-3-9-21-22-10-4-5-12-25(22)29-20(13-8-14-26(21)29)19-16-17-24-23-11-6-7-15-27(23)30(2)28(24)18-19/h4-8,10-12,14-17,19-21H,3,9,13,18H2,1-2H3. The van der Waals surface area contributed by atoms with E-state index in [1.165, 1.54) is 40.6 Å². The Kier molecular flexibility index (Phi) is 4.13. The van der Waals surface area contributed by atoms with Crippen LogP contribution in [0, 0.1) is 11.8 Å². The molecule has 3 unspecified atom stereocenters. The van der Waals surface area contributed by atoms with Crippen molar-refractivity contribution < 1.29 is 0 Å². The van der Waals surface area contributed by atoms with Gasteiger partial charge in [0.1, 0.15) is 0 Å². The summed E-state index contributed by atoms with van der Waals surface area (Å²) >= 11 is 0. The molecule has 0 bridgehead atoms. The predicted molar refractivity (Wildman–Crippen MR) is 127 cm³/mol. The number of aromatic nitrogens is 1. The molecule has 30 heavy (non-hydrogen) atoms. The minimum absolute atomic E-state index is 0.559. The summed E-state index contributed by atoms with van der Waals surface area (Å²) < 4.78 is 2.43. The van der Waals surface area contributed by atoms with Gasteiger partial charge in [-0.3, -0.25) is 0 Å². The smallest absolute Gasteiger partial charge is 0.0486 e. The highest BCUT2D eigenvalue weighted by Crippen LogP contribution is 2.53. The minimum Gasteiger partial charge on any atom is -0.347 e. The maximum Gasteiger partial charge on any atom is 0.0486 e. The number of allylic oxidation sites excluding steroid dienone is 5. The van der Waals surface area contributed by atoms with E-state index in [4.69, 9.17) is 0 Å². The van der Waals surface area contributed by atoms with Gasteiger partial charge < -0.3 is 4.57 Å². The monoisotopic (exact) mass is 391 g/mol. The van der Waals surface area contributed by atoms with Gasteiger partial charge in [0.15, 0.2) is 0 Å². The lowest BCUT2D eigenvalue weighted by molar-refractivity contribution is 0.474. The zero-order valence-electron chi connectivity index (χ0n) is 17.9. The molecule has 0 amide bonds. The summed E-state index contributed by atoms with van der Waals surface area (Å²) in [5, 5.41) is 1.39. The van der Waals surface area contributed by atoms with E-state index < -0.39 is 0 Å². The number of para-hydroxylation sites is 1. The maximum atomic E-state index is 2.51. The molecule has 1 heteroatoms. The fraction of sp³-hybridized carbons (Fsp3) is 0.310. The lowest BCUT2D eigenvalue weighted by Gasteiger charge is -2.31. The van der Waals surface area contributed by atoms with Crippen molar-refractivity contribution in [3.63, 3.8) is 0 Å². The molecular weight excluding hydrogens is 362 g/mol. The van der Waals surface area contributed by atoms with E-state index in [1.54, 1.807) is 16.7 Å². The average Bonchev–Trinajstić information content (AvgIpc) is 3.27. The van der Waals surface area contributed by atoms with E-state index in [0.717, 1.165) is 12.8 Å².